The minimum Gasteiger partial charge on any atom is -0.427 e. The fraction of sp³-hybridized carbons (Fsp3) is 0.500. The molecule has 0 aromatic heterocycles. The summed E-state index contributed by atoms with van der Waals surface area (Å²) in [7, 11) is 0. The van der Waals surface area contributed by atoms with Crippen LogP contribution in [-0.4, -0.2) is 19.1 Å². The molecule has 1 heterocycles. The van der Waals surface area contributed by atoms with Gasteiger partial charge in [-0.15, -0.1) is 0 Å². The Kier molecular flexibility index (Phi) is 4.15. The zero-order valence-corrected chi connectivity index (χ0v) is 10.4. The molecule has 92 valence electrons. The van der Waals surface area contributed by atoms with Gasteiger partial charge in [0, 0.05) is 12.5 Å². The Labute approximate surface area is 102 Å². The molecule has 0 unspecified atom stereocenters. The molecule has 0 amide bonds. The van der Waals surface area contributed by atoms with Crippen LogP contribution < -0.4 is 9.64 Å². The molecule has 0 bridgehead atoms. The Morgan fingerprint density at radius 3 is 2.76 bits per heavy atom. The van der Waals surface area contributed by atoms with Crippen molar-refractivity contribution in [3.05, 3.63) is 29.8 Å². The predicted molar refractivity (Wildman–Crippen MR) is 66.0 cm³/mol. The molecule has 3 nitrogen and oxygen atoms in total. The summed E-state index contributed by atoms with van der Waals surface area (Å²) in [6.07, 6.45) is 4.04. The van der Waals surface area contributed by atoms with Crippen LogP contribution in [0.2, 0.25) is 0 Å². The first-order valence-corrected chi connectivity index (χ1v) is 6.35. The topological polar surface area (TPSA) is 30.7 Å². The standard InChI is InChI=1S/C14H19NO2/c1-12(16)17-14-7-5-6-13(10-14)11-15-8-3-2-4-9-15/h5-7,10H,2-4,8-9,11H2,1H3/p+1. The first-order valence-electron chi connectivity index (χ1n) is 6.35. The molecule has 3 heteroatoms. The van der Waals surface area contributed by atoms with Crippen LogP contribution in [-0.2, 0) is 11.3 Å². The largest absolute Gasteiger partial charge is 0.427 e. The number of hydrogen-bond donors (Lipinski definition) is 1. The van der Waals surface area contributed by atoms with Gasteiger partial charge in [0.15, 0.2) is 0 Å². The highest BCUT2D eigenvalue weighted by atomic mass is 16.5. The molecule has 0 aliphatic carbocycles. The minimum atomic E-state index is -0.257. The first kappa shape index (κ1) is 12.1. The maximum atomic E-state index is 10.9. The van der Waals surface area contributed by atoms with Gasteiger partial charge in [-0.25, -0.2) is 0 Å². The predicted octanol–water partition coefficient (Wildman–Crippen LogP) is 1.18. The van der Waals surface area contributed by atoms with Crippen molar-refractivity contribution in [2.75, 3.05) is 13.1 Å². The third kappa shape index (κ3) is 3.86. The minimum absolute atomic E-state index is 0.257. The van der Waals surface area contributed by atoms with Gasteiger partial charge in [0.1, 0.15) is 12.3 Å². The van der Waals surface area contributed by atoms with Crippen molar-refractivity contribution < 1.29 is 14.4 Å². The molecule has 0 saturated carbocycles. The number of likely N-dealkylation sites (tertiary alicyclic amines) is 1. The van der Waals surface area contributed by atoms with Gasteiger partial charge in [-0.1, -0.05) is 12.1 Å². The Morgan fingerprint density at radius 2 is 2.06 bits per heavy atom. The second kappa shape index (κ2) is 5.82. The quantitative estimate of drug-likeness (QED) is 0.629. The Balaban J connectivity index is 1.97. The first-order chi connectivity index (χ1) is 8.24. The normalized spacial score (nSPS) is 16.8. The van der Waals surface area contributed by atoms with Crippen molar-refractivity contribution in [1.82, 2.24) is 0 Å². The Hall–Kier alpha value is -1.35. The summed E-state index contributed by atoms with van der Waals surface area (Å²) >= 11 is 0. The fourth-order valence-electron chi connectivity index (χ4n) is 2.40. The van der Waals surface area contributed by atoms with Crippen molar-refractivity contribution in [2.45, 2.75) is 32.7 Å². The maximum Gasteiger partial charge on any atom is 0.308 e. The molecule has 17 heavy (non-hydrogen) atoms. The van der Waals surface area contributed by atoms with Crippen LogP contribution in [0.4, 0.5) is 0 Å². The van der Waals surface area contributed by atoms with Crippen LogP contribution in [0.5, 0.6) is 5.75 Å². The number of ether oxygens (including phenoxy) is 1. The molecule has 2 rings (SSSR count). The van der Waals surface area contributed by atoms with Crippen molar-refractivity contribution in [3.8, 4) is 5.75 Å². The molecule has 0 spiro atoms. The third-order valence-electron chi connectivity index (χ3n) is 3.17. The lowest BCUT2D eigenvalue weighted by molar-refractivity contribution is -0.918. The molecule has 1 aromatic rings. The van der Waals surface area contributed by atoms with E-state index in [1.807, 2.05) is 18.2 Å². The fourth-order valence-corrected chi connectivity index (χ4v) is 2.40. The Morgan fingerprint density at radius 1 is 1.29 bits per heavy atom. The summed E-state index contributed by atoms with van der Waals surface area (Å²) in [5.41, 5.74) is 1.25. The van der Waals surface area contributed by atoms with Crippen molar-refractivity contribution >= 4 is 5.97 Å². The average Bonchev–Trinajstić information content (AvgIpc) is 2.30. The van der Waals surface area contributed by atoms with E-state index in [4.69, 9.17) is 4.74 Å². The van der Waals surface area contributed by atoms with Gasteiger partial charge in [-0.3, -0.25) is 4.79 Å². The average molecular weight is 234 g/mol. The third-order valence-corrected chi connectivity index (χ3v) is 3.17. The zero-order valence-electron chi connectivity index (χ0n) is 10.4. The van der Waals surface area contributed by atoms with Crippen molar-refractivity contribution in [3.63, 3.8) is 0 Å². The van der Waals surface area contributed by atoms with Crippen molar-refractivity contribution in [1.29, 1.82) is 0 Å². The highest BCUT2D eigenvalue weighted by molar-refractivity contribution is 5.69. The summed E-state index contributed by atoms with van der Waals surface area (Å²) in [4.78, 5) is 12.5. The van der Waals surface area contributed by atoms with E-state index >= 15 is 0 Å². The number of nitrogens with one attached hydrogen (secondary N) is 1. The monoisotopic (exact) mass is 234 g/mol. The van der Waals surface area contributed by atoms with Gasteiger partial charge in [-0.2, -0.15) is 0 Å². The lowest BCUT2D eigenvalue weighted by atomic mass is 10.1. The van der Waals surface area contributed by atoms with E-state index in [9.17, 15) is 4.79 Å². The summed E-state index contributed by atoms with van der Waals surface area (Å²) < 4.78 is 5.10. The molecule has 0 radical (unpaired) electrons. The highest BCUT2D eigenvalue weighted by Crippen LogP contribution is 2.13. The number of carbonyl (C=O) groups excluding carboxylic acids is 1. The van der Waals surface area contributed by atoms with E-state index in [1.54, 1.807) is 4.90 Å². The van der Waals surface area contributed by atoms with E-state index in [-0.39, 0.29) is 5.97 Å². The number of quaternary nitrogens is 1. The van der Waals surface area contributed by atoms with Crippen LogP contribution in [0, 0.1) is 0 Å². The maximum absolute atomic E-state index is 10.9. The molecule has 1 aliphatic rings. The van der Waals surface area contributed by atoms with Crippen LogP contribution in [0.25, 0.3) is 0 Å². The van der Waals surface area contributed by atoms with Crippen LogP contribution >= 0.6 is 0 Å². The van der Waals surface area contributed by atoms with Gasteiger partial charge in [0.2, 0.25) is 0 Å². The van der Waals surface area contributed by atoms with Gasteiger partial charge < -0.3 is 9.64 Å². The van der Waals surface area contributed by atoms with Gasteiger partial charge in [0.05, 0.1) is 13.1 Å². The lowest BCUT2D eigenvalue weighted by Crippen LogP contribution is -3.11. The molecular formula is C14H20NO2+. The van der Waals surface area contributed by atoms with E-state index in [0.717, 1.165) is 6.54 Å². The second-order valence-corrected chi connectivity index (χ2v) is 4.73. The number of rotatable bonds is 3. The van der Waals surface area contributed by atoms with E-state index < -0.39 is 0 Å². The van der Waals surface area contributed by atoms with Gasteiger partial charge in [-0.05, 0) is 31.4 Å². The van der Waals surface area contributed by atoms with E-state index in [0.29, 0.717) is 5.75 Å². The molecule has 1 saturated heterocycles. The van der Waals surface area contributed by atoms with Gasteiger partial charge in [0.25, 0.3) is 0 Å². The number of esters is 1. The van der Waals surface area contributed by atoms with E-state index in [2.05, 4.69) is 6.07 Å². The molecule has 1 N–H and O–H groups in total. The van der Waals surface area contributed by atoms with Crippen molar-refractivity contribution in [2.24, 2.45) is 0 Å². The van der Waals surface area contributed by atoms with Crippen LogP contribution in [0.15, 0.2) is 24.3 Å². The van der Waals surface area contributed by atoms with E-state index in [1.165, 1.54) is 44.8 Å². The summed E-state index contributed by atoms with van der Waals surface area (Å²) in [6, 6.07) is 7.87. The highest BCUT2D eigenvalue weighted by Gasteiger charge is 2.14. The lowest BCUT2D eigenvalue weighted by Gasteiger charge is -2.23. The number of benzene rings is 1. The Bertz CT molecular complexity index is 384. The molecule has 1 aromatic carbocycles. The number of piperidine rings is 1. The van der Waals surface area contributed by atoms with Crippen LogP contribution in [0.3, 0.4) is 0 Å². The zero-order chi connectivity index (χ0) is 12.1. The summed E-state index contributed by atoms with van der Waals surface area (Å²) in [5.74, 6) is 0.402. The molecule has 0 atom stereocenters. The smallest absolute Gasteiger partial charge is 0.308 e. The summed E-state index contributed by atoms with van der Waals surface area (Å²) in [5, 5.41) is 0. The summed E-state index contributed by atoms with van der Waals surface area (Å²) in [6.45, 7) is 4.99. The number of carbonyl (C=O) groups is 1. The van der Waals surface area contributed by atoms with Crippen LogP contribution in [0.1, 0.15) is 31.7 Å². The second-order valence-electron chi connectivity index (χ2n) is 4.73. The molecule has 1 fully saturated rings. The SMILES string of the molecule is CC(=O)Oc1cccc(C[NH+]2CCCCC2)c1. The number of hydrogen-bond acceptors (Lipinski definition) is 2. The molecule has 1 aliphatic heterocycles. The van der Waals surface area contributed by atoms with Gasteiger partial charge >= 0.3 is 5.97 Å². The molecular weight excluding hydrogens is 214 g/mol.